The second-order valence-electron chi connectivity index (χ2n) is 6.38. The number of ether oxygens (including phenoxy) is 1. The molecule has 4 rings (SSSR count). The molecule has 6 nitrogen and oxygen atoms in total. The molecule has 0 unspecified atom stereocenters. The van der Waals surface area contributed by atoms with Gasteiger partial charge in [-0.2, -0.15) is 0 Å². The maximum atomic E-state index is 12.3. The summed E-state index contributed by atoms with van der Waals surface area (Å²) < 4.78 is 7.19. The Morgan fingerprint density at radius 3 is 2.88 bits per heavy atom. The largest absolute Gasteiger partial charge is 0.383 e. The maximum Gasteiger partial charge on any atom is 0.253 e. The molecule has 26 heavy (non-hydrogen) atoms. The summed E-state index contributed by atoms with van der Waals surface area (Å²) in [4.78, 5) is 17.1. The van der Waals surface area contributed by atoms with Crippen molar-refractivity contribution in [1.29, 1.82) is 0 Å². The van der Waals surface area contributed by atoms with Crippen molar-refractivity contribution >= 4 is 16.9 Å². The molecule has 1 amide bonds. The average molecular weight is 350 g/mol. The molecule has 2 N–H and O–H groups in total. The zero-order valence-corrected chi connectivity index (χ0v) is 14.8. The fourth-order valence-corrected chi connectivity index (χ4v) is 3.36. The molecule has 0 aliphatic carbocycles. The molecule has 3 aromatic rings. The second-order valence-corrected chi connectivity index (χ2v) is 6.38. The molecule has 0 saturated heterocycles. The van der Waals surface area contributed by atoms with Gasteiger partial charge in [-0.15, -0.1) is 0 Å². The van der Waals surface area contributed by atoms with Crippen LogP contribution in [0.2, 0.25) is 0 Å². The van der Waals surface area contributed by atoms with Crippen LogP contribution in [0.15, 0.2) is 42.5 Å². The Hall–Kier alpha value is -2.70. The van der Waals surface area contributed by atoms with Crippen molar-refractivity contribution in [2.75, 3.05) is 26.8 Å². The van der Waals surface area contributed by atoms with Crippen molar-refractivity contribution in [3.05, 3.63) is 53.6 Å². The number of hydrogen-bond acceptors (Lipinski definition) is 4. The molecule has 0 atom stereocenters. The van der Waals surface area contributed by atoms with E-state index in [1.165, 1.54) is 5.56 Å². The maximum absolute atomic E-state index is 12.3. The average Bonchev–Trinajstić information content (AvgIpc) is 2.95. The van der Waals surface area contributed by atoms with Crippen molar-refractivity contribution < 1.29 is 9.53 Å². The molecule has 1 aliphatic rings. The lowest BCUT2D eigenvalue weighted by Gasteiger charge is -2.09. The van der Waals surface area contributed by atoms with Crippen molar-refractivity contribution in [2.24, 2.45) is 0 Å². The van der Waals surface area contributed by atoms with Crippen molar-refractivity contribution in [1.82, 2.24) is 20.2 Å². The van der Waals surface area contributed by atoms with Gasteiger partial charge in [0.25, 0.3) is 5.91 Å². The van der Waals surface area contributed by atoms with E-state index in [0.29, 0.717) is 18.7 Å². The van der Waals surface area contributed by atoms with Gasteiger partial charge in [0, 0.05) is 38.9 Å². The number of benzene rings is 2. The van der Waals surface area contributed by atoms with Gasteiger partial charge in [-0.3, -0.25) is 4.79 Å². The minimum absolute atomic E-state index is 0.0294. The van der Waals surface area contributed by atoms with E-state index in [2.05, 4.69) is 39.5 Å². The van der Waals surface area contributed by atoms with E-state index in [0.717, 1.165) is 42.1 Å². The van der Waals surface area contributed by atoms with Gasteiger partial charge in [-0.25, -0.2) is 4.98 Å². The van der Waals surface area contributed by atoms with E-state index in [9.17, 15) is 4.79 Å². The van der Waals surface area contributed by atoms with Gasteiger partial charge in [0.05, 0.1) is 23.2 Å². The molecule has 0 fully saturated rings. The number of carbonyl (C=O) groups excluding carboxylic acids is 1. The highest BCUT2D eigenvalue weighted by molar-refractivity contribution is 6.06. The van der Waals surface area contributed by atoms with Crippen LogP contribution < -0.4 is 10.6 Å². The minimum Gasteiger partial charge on any atom is -0.383 e. The van der Waals surface area contributed by atoms with E-state index < -0.39 is 0 Å². The van der Waals surface area contributed by atoms with Crippen LogP contribution in [-0.4, -0.2) is 42.3 Å². The SMILES string of the molecule is COCCNCc1ccc(-c2nc3cccc4c3n2CCNC4=O)cc1. The first-order valence-electron chi connectivity index (χ1n) is 8.84. The number of carbonyl (C=O) groups is 1. The predicted molar refractivity (Wildman–Crippen MR) is 101 cm³/mol. The highest BCUT2D eigenvalue weighted by Crippen LogP contribution is 2.28. The van der Waals surface area contributed by atoms with E-state index in [4.69, 9.17) is 9.72 Å². The summed E-state index contributed by atoms with van der Waals surface area (Å²) >= 11 is 0. The number of nitrogens with zero attached hydrogens (tertiary/aromatic N) is 2. The number of para-hydroxylation sites is 1. The van der Waals surface area contributed by atoms with Crippen LogP contribution in [0.5, 0.6) is 0 Å². The Kier molecular flexibility index (Phi) is 4.69. The summed E-state index contributed by atoms with van der Waals surface area (Å²) in [7, 11) is 1.70. The van der Waals surface area contributed by atoms with Crippen molar-refractivity contribution in [3.63, 3.8) is 0 Å². The number of rotatable bonds is 6. The lowest BCUT2D eigenvalue weighted by atomic mass is 10.1. The molecule has 6 heteroatoms. The van der Waals surface area contributed by atoms with E-state index in [1.54, 1.807) is 7.11 Å². The Labute approximate surface area is 152 Å². The van der Waals surface area contributed by atoms with E-state index in [1.807, 2.05) is 18.2 Å². The van der Waals surface area contributed by atoms with E-state index in [-0.39, 0.29) is 5.91 Å². The Morgan fingerprint density at radius 1 is 1.23 bits per heavy atom. The summed E-state index contributed by atoms with van der Waals surface area (Å²) in [6.07, 6.45) is 0. The third-order valence-corrected chi connectivity index (χ3v) is 4.66. The second kappa shape index (κ2) is 7.27. The topological polar surface area (TPSA) is 68.2 Å². The molecule has 0 radical (unpaired) electrons. The normalized spacial score (nSPS) is 13.7. The first-order chi connectivity index (χ1) is 12.8. The minimum atomic E-state index is -0.0294. The molecule has 1 aliphatic heterocycles. The van der Waals surface area contributed by atoms with Gasteiger partial charge >= 0.3 is 0 Å². The zero-order valence-electron chi connectivity index (χ0n) is 14.8. The highest BCUT2D eigenvalue weighted by atomic mass is 16.5. The fraction of sp³-hybridized carbons (Fsp3) is 0.300. The molecule has 2 heterocycles. The number of amides is 1. The number of nitrogens with one attached hydrogen (secondary N) is 2. The summed E-state index contributed by atoms with van der Waals surface area (Å²) in [6, 6.07) is 14.1. The number of imidazole rings is 1. The Balaban J connectivity index is 1.65. The molecule has 134 valence electrons. The smallest absolute Gasteiger partial charge is 0.253 e. The molecular formula is C20H22N4O2. The first kappa shape index (κ1) is 16.8. The quantitative estimate of drug-likeness (QED) is 0.669. The van der Waals surface area contributed by atoms with Gasteiger partial charge in [0.2, 0.25) is 0 Å². The van der Waals surface area contributed by atoms with Gasteiger partial charge in [-0.05, 0) is 17.7 Å². The van der Waals surface area contributed by atoms with Gasteiger partial charge in [-0.1, -0.05) is 30.3 Å². The van der Waals surface area contributed by atoms with Crippen molar-refractivity contribution in [3.8, 4) is 11.4 Å². The summed E-state index contributed by atoms with van der Waals surface area (Å²) in [5.41, 5.74) is 4.75. The number of aromatic nitrogens is 2. The monoisotopic (exact) mass is 350 g/mol. The van der Waals surface area contributed by atoms with Crippen molar-refractivity contribution in [2.45, 2.75) is 13.1 Å². The molecule has 2 aromatic carbocycles. The van der Waals surface area contributed by atoms with Gasteiger partial charge < -0.3 is 19.9 Å². The standard InChI is InChI=1S/C20H22N4O2/c1-26-12-10-21-13-14-5-7-15(8-6-14)19-23-17-4-2-3-16-18(17)24(19)11-9-22-20(16)25/h2-8,21H,9-13H2,1H3,(H,22,25). The third-order valence-electron chi connectivity index (χ3n) is 4.66. The summed E-state index contributed by atoms with van der Waals surface area (Å²) in [5, 5.41) is 6.30. The van der Waals surface area contributed by atoms with Crippen LogP contribution in [-0.2, 0) is 17.8 Å². The van der Waals surface area contributed by atoms with Gasteiger partial charge in [0.1, 0.15) is 5.82 Å². The first-order valence-corrected chi connectivity index (χ1v) is 8.84. The lowest BCUT2D eigenvalue weighted by Crippen LogP contribution is -2.24. The van der Waals surface area contributed by atoms with Crippen LogP contribution >= 0.6 is 0 Å². The van der Waals surface area contributed by atoms with Crippen LogP contribution in [0, 0.1) is 0 Å². The van der Waals surface area contributed by atoms with Gasteiger partial charge in [0.15, 0.2) is 0 Å². The van der Waals surface area contributed by atoms with Crippen LogP contribution in [0.1, 0.15) is 15.9 Å². The Bertz CT molecular complexity index is 931. The molecule has 0 spiro atoms. The third kappa shape index (κ3) is 3.09. The summed E-state index contributed by atoms with van der Waals surface area (Å²) in [6.45, 7) is 3.67. The molecule has 1 aromatic heterocycles. The zero-order chi connectivity index (χ0) is 17.9. The molecular weight excluding hydrogens is 328 g/mol. The molecule has 0 bridgehead atoms. The Morgan fingerprint density at radius 2 is 2.08 bits per heavy atom. The lowest BCUT2D eigenvalue weighted by molar-refractivity contribution is 0.0956. The van der Waals surface area contributed by atoms with E-state index >= 15 is 0 Å². The van der Waals surface area contributed by atoms with Crippen LogP contribution in [0.25, 0.3) is 22.4 Å². The summed E-state index contributed by atoms with van der Waals surface area (Å²) in [5.74, 6) is 0.876. The fourth-order valence-electron chi connectivity index (χ4n) is 3.36. The number of hydrogen-bond donors (Lipinski definition) is 2. The predicted octanol–water partition coefficient (Wildman–Crippen LogP) is 2.18. The molecule has 0 saturated carbocycles. The van der Waals surface area contributed by atoms with Crippen LogP contribution in [0.4, 0.5) is 0 Å². The van der Waals surface area contributed by atoms with Crippen LogP contribution in [0.3, 0.4) is 0 Å². The number of methoxy groups -OCH3 is 1. The highest BCUT2D eigenvalue weighted by Gasteiger charge is 2.21.